The SMILES string of the molecule is NCCC1(c2cc(Br)cnc2F)CCC1. The fourth-order valence-corrected chi connectivity index (χ4v) is 2.66. The Morgan fingerprint density at radius 2 is 2.27 bits per heavy atom. The maximum atomic E-state index is 13.6. The minimum absolute atomic E-state index is 0.0460. The molecule has 0 unspecified atom stereocenters. The Morgan fingerprint density at radius 1 is 1.53 bits per heavy atom. The predicted molar refractivity (Wildman–Crippen MR) is 61.1 cm³/mol. The lowest BCUT2D eigenvalue weighted by Gasteiger charge is -2.42. The van der Waals surface area contributed by atoms with E-state index in [9.17, 15) is 4.39 Å². The first-order valence-electron chi connectivity index (χ1n) is 5.19. The van der Waals surface area contributed by atoms with Crippen molar-refractivity contribution >= 4 is 15.9 Å². The molecule has 0 saturated heterocycles. The topological polar surface area (TPSA) is 38.9 Å². The number of halogens is 2. The van der Waals surface area contributed by atoms with Gasteiger partial charge in [0.05, 0.1) is 0 Å². The van der Waals surface area contributed by atoms with Crippen molar-refractivity contribution in [2.24, 2.45) is 5.73 Å². The molecule has 0 bridgehead atoms. The molecule has 0 aliphatic heterocycles. The van der Waals surface area contributed by atoms with Crippen LogP contribution in [0.4, 0.5) is 4.39 Å². The van der Waals surface area contributed by atoms with Crippen molar-refractivity contribution < 1.29 is 4.39 Å². The quantitative estimate of drug-likeness (QED) is 0.860. The van der Waals surface area contributed by atoms with E-state index in [1.54, 1.807) is 0 Å². The fourth-order valence-electron chi connectivity index (χ4n) is 2.33. The van der Waals surface area contributed by atoms with Crippen molar-refractivity contribution in [1.82, 2.24) is 4.98 Å². The van der Waals surface area contributed by atoms with E-state index in [2.05, 4.69) is 20.9 Å². The molecule has 1 aliphatic rings. The fraction of sp³-hybridized carbons (Fsp3) is 0.545. The molecule has 2 nitrogen and oxygen atoms in total. The molecule has 15 heavy (non-hydrogen) atoms. The van der Waals surface area contributed by atoms with Crippen molar-refractivity contribution in [2.45, 2.75) is 31.1 Å². The summed E-state index contributed by atoms with van der Waals surface area (Å²) in [5, 5.41) is 0. The number of pyridine rings is 1. The van der Waals surface area contributed by atoms with Gasteiger partial charge in [0.2, 0.25) is 5.95 Å². The Hall–Kier alpha value is -0.480. The van der Waals surface area contributed by atoms with E-state index in [-0.39, 0.29) is 11.4 Å². The first-order chi connectivity index (χ1) is 7.18. The third-order valence-corrected chi connectivity index (χ3v) is 3.74. The van der Waals surface area contributed by atoms with E-state index >= 15 is 0 Å². The van der Waals surface area contributed by atoms with Crippen LogP contribution in [-0.2, 0) is 5.41 Å². The highest BCUT2D eigenvalue weighted by molar-refractivity contribution is 9.10. The van der Waals surface area contributed by atoms with Crippen LogP contribution in [0, 0.1) is 5.95 Å². The van der Waals surface area contributed by atoms with E-state index in [0.717, 1.165) is 35.7 Å². The first kappa shape index (κ1) is 11.0. The third kappa shape index (κ3) is 1.93. The summed E-state index contributed by atoms with van der Waals surface area (Å²) >= 11 is 3.33. The Labute approximate surface area is 97.2 Å². The molecule has 1 aromatic heterocycles. The summed E-state index contributed by atoms with van der Waals surface area (Å²) in [4.78, 5) is 3.75. The molecule has 0 amide bonds. The maximum absolute atomic E-state index is 13.6. The predicted octanol–water partition coefficient (Wildman–Crippen LogP) is 2.75. The Balaban J connectivity index is 2.37. The summed E-state index contributed by atoms with van der Waals surface area (Å²) in [6.45, 7) is 0.603. The molecular weight excluding hydrogens is 259 g/mol. The lowest BCUT2D eigenvalue weighted by atomic mass is 9.63. The third-order valence-electron chi connectivity index (χ3n) is 3.31. The number of hydrogen-bond acceptors (Lipinski definition) is 2. The Bertz CT molecular complexity index is 364. The Morgan fingerprint density at radius 3 is 2.80 bits per heavy atom. The lowest BCUT2D eigenvalue weighted by molar-refractivity contribution is 0.220. The van der Waals surface area contributed by atoms with Crippen molar-refractivity contribution in [1.29, 1.82) is 0 Å². The highest BCUT2D eigenvalue weighted by atomic mass is 79.9. The molecule has 2 rings (SSSR count). The van der Waals surface area contributed by atoms with Crippen LogP contribution >= 0.6 is 15.9 Å². The molecule has 2 N–H and O–H groups in total. The van der Waals surface area contributed by atoms with Gasteiger partial charge < -0.3 is 5.73 Å². The zero-order valence-corrected chi connectivity index (χ0v) is 10.1. The number of nitrogens with two attached hydrogens (primary N) is 1. The molecular formula is C11H14BrFN2. The van der Waals surface area contributed by atoms with Crippen LogP contribution in [0.25, 0.3) is 0 Å². The van der Waals surface area contributed by atoms with Crippen molar-refractivity contribution in [3.63, 3.8) is 0 Å². The van der Waals surface area contributed by atoms with Gasteiger partial charge in [-0.2, -0.15) is 4.39 Å². The van der Waals surface area contributed by atoms with Gasteiger partial charge in [-0.05, 0) is 47.8 Å². The standard InChI is InChI=1S/C11H14BrFN2/c12-8-6-9(10(13)15-7-8)11(4-5-14)2-1-3-11/h6-7H,1-5,14H2. The molecule has 1 saturated carbocycles. The van der Waals surface area contributed by atoms with Crippen LogP contribution < -0.4 is 5.73 Å². The molecule has 0 aromatic carbocycles. The smallest absolute Gasteiger partial charge is 0.216 e. The summed E-state index contributed by atoms with van der Waals surface area (Å²) in [6, 6.07) is 1.84. The monoisotopic (exact) mass is 272 g/mol. The molecule has 82 valence electrons. The van der Waals surface area contributed by atoms with Crippen LogP contribution in [0.2, 0.25) is 0 Å². The number of nitrogens with zero attached hydrogens (tertiary/aromatic N) is 1. The van der Waals surface area contributed by atoms with Gasteiger partial charge in [0.25, 0.3) is 0 Å². The van der Waals surface area contributed by atoms with Crippen LogP contribution in [0.1, 0.15) is 31.2 Å². The van der Waals surface area contributed by atoms with Gasteiger partial charge in [0.15, 0.2) is 0 Å². The summed E-state index contributed by atoms with van der Waals surface area (Å²) in [5.41, 5.74) is 6.28. The van der Waals surface area contributed by atoms with Gasteiger partial charge in [-0.25, -0.2) is 4.98 Å². The summed E-state index contributed by atoms with van der Waals surface area (Å²) in [7, 11) is 0. The number of hydrogen-bond donors (Lipinski definition) is 1. The van der Waals surface area contributed by atoms with Gasteiger partial charge in [0.1, 0.15) is 0 Å². The highest BCUT2D eigenvalue weighted by Gasteiger charge is 2.40. The molecule has 0 spiro atoms. The molecule has 1 heterocycles. The van der Waals surface area contributed by atoms with Crippen LogP contribution in [0.5, 0.6) is 0 Å². The maximum Gasteiger partial charge on any atom is 0.216 e. The lowest BCUT2D eigenvalue weighted by Crippen LogP contribution is -2.37. The Kier molecular flexibility index (Phi) is 3.07. The van der Waals surface area contributed by atoms with Gasteiger partial charge in [-0.1, -0.05) is 6.42 Å². The van der Waals surface area contributed by atoms with E-state index in [4.69, 9.17) is 5.73 Å². The zero-order valence-electron chi connectivity index (χ0n) is 8.47. The van der Waals surface area contributed by atoms with Gasteiger partial charge >= 0.3 is 0 Å². The number of rotatable bonds is 3. The minimum Gasteiger partial charge on any atom is -0.330 e. The van der Waals surface area contributed by atoms with Gasteiger partial charge in [-0.15, -0.1) is 0 Å². The average Bonchev–Trinajstić information content (AvgIpc) is 2.16. The van der Waals surface area contributed by atoms with Crippen molar-refractivity contribution in [3.05, 3.63) is 28.2 Å². The first-order valence-corrected chi connectivity index (χ1v) is 5.99. The van der Waals surface area contributed by atoms with E-state index in [0.29, 0.717) is 6.54 Å². The number of aromatic nitrogens is 1. The molecule has 1 fully saturated rings. The highest BCUT2D eigenvalue weighted by Crippen LogP contribution is 2.47. The zero-order chi connectivity index (χ0) is 10.9. The summed E-state index contributed by atoms with van der Waals surface area (Å²) in [5.74, 6) is -0.341. The van der Waals surface area contributed by atoms with Crippen molar-refractivity contribution in [3.8, 4) is 0 Å². The van der Waals surface area contributed by atoms with E-state index in [1.165, 1.54) is 6.20 Å². The van der Waals surface area contributed by atoms with Gasteiger partial charge in [-0.3, -0.25) is 0 Å². The van der Waals surface area contributed by atoms with Crippen LogP contribution in [-0.4, -0.2) is 11.5 Å². The molecule has 4 heteroatoms. The van der Waals surface area contributed by atoms with Crippen LogP contribution in [0.15, 0.2) is 16.7 Å². The second-order valence-electron chi connectivity index (χ2n) is 4.16. The second-order valence-corrected chi connectivity index (χ2v) is 5.08. The van der Waals surface area contributed by atoms with E-state index < -0.39 is 0 Å². The second kappa shape index (κ2) is 4.18. The average molecular weight is 273 g/mol. The largest absolute Gasteiger partial charge is 0.330 e. The normalized spacial score (nSPS) is 18.6. The van der Waals surface area contributed by atoms with Crippen molar-refractivity contribution in [2.75, 3.05) is 6.54 Å². The molecule has 0 atom stereocenters. The van der Waals surface area contributed by atoms with E-state index in [1.807, 2.05) is 6.07 Å². The molecule has 1 aromatic rings. The van der Waals surface area contributed by atoms with Gasteiger partial charge in [0, 0.05) is 21.6 Å². The molecule has 0 radical (unpaired) electrons. The summed E-state index contributed by atoms with van der Waals surface area (Å²) in [6.07, 6.45) is 5.56. The minimum atomic E-state index is -0.341. The van der Waals surface area contributed by atoms with Crippen LogP contribution in [0.3, 0.4) is 0 Å². The summed E-state index contributed by atoms with van der Waals surface area (Å²) < 4.78 is 14.5. The molecule has 1 aliphatic carbocycles.